The van der Waals surface area contributed by atoms with Gasteiger partial charge in [-0.2, -0.15) is 13.2 Å². The van der Waals surface area contributed by atoms with Crippen molar-refractivity contribution in [2.24, 2.45) is 5.73 Å². The van der Waals surface area contributed by atoms with Crippen LogP contribution in [0.5, 0.6) is 0 Å². The van der Waals surface area contributed by atoms with Crippen molar-refractivity contribution in [2.75, 3.05) is 6.54 Å². The van der Waals surface area contributed by atoms with Gasteiger partial charge in [0.1, 0.15) is 0 Å². The first-order chi connectivity index (χ1) is 5.95. The zero-order chi connectivity index (χ0) is 10.1. The number of aromatic nitrogens is 1. The number of halogens is 3. The molecule has 0 aliphatic heterocycles. The molecule has 1 aromatic rings. The average Bonchev–Trinajstić information content (AvgIpc) is 2.50. The van der Waals surface area contributed by atoms with Crippen LogP contribution in [0.15, 0.2) is 5.38 Å². The Balaban J connectivity index is 2.87. The van der Waals surface area contributed by atoms with Gasteiger partial charge >= 0.3 is 6.18 Å². The van der Waals surface area contributed by atoms with Gasteiger partial charge in [0.25, 0.3) is 0 Å². The molecule has 1 atom stereocenters. The summed E-state index contributed by atoms with van der Waals surface area (Å²) in [5.41, 5.74) is 4.48. The van der Waals surface area contributed by atoms with Crippen molar-refractivity contribution in [1.29, 1.82) is 0 Å². The molecule has 13 heavy (non-hydrogen) atoms. The van der Waals surface area contributed by atoms with Crippen molar-refractivity contribution in [3.05, 3.63) is 16.1 Å². The van der Waals surface area contributed by atoms with E-state index in [-0.39, 0.29) is 5.92 Å². The molecule has 0 saturated heterocycles. The number of nitrogens with two attached hydrogens (primary N) is 1. The summed E-state index contributed by atoms with van der Waals surface area (Å²) in [7, 11) is 0. The summed E-state index contributed by atoms with van der Waals surface area (Å²) in [6.45, 7) is 2.06. The first kappa shape index (κ1) is 10.5. The fourth-order valence-electron chi connectivity index (χ4n) is 0.745. The van der Waals surface area contributed by atoms with Gasteiger partial charge in [-0.1, -0.05) is 6.92 Å². The minimum Gasteiger partial charge on any atom is -0.330 e. The Hall–Kier alpha value is -0.620. The highest BCUT2D eigenvalue weighted by molar-refractivity contribution is 7.09. The molecule has 2 nitrogen and oxygen atoms in total. The Morgan fingerprint density at radius 3 is 2.62 bits per heavy atom. The molecule has 0 radical (unpaired) electrons. The maximum absolute atomic E-state index is 12.1. The normalized spacial score (nSPS) is 14.5. The smallest absolute Gasteiger partial charge is 0.330 e. The van der Waals surface area contributed by atoms with Gasteiger partial charge in [-0.25, -0.2) is 4.98 Å². The van der Waals surface area contributed by atoms with E-state index >= 15 is 0 Å². The minimum atomic E-state index is -4.34. The average molecular weight is 210 g/mol. The van der Waals surface area contributed by atoms with E-state index in [1.165, 1.54) is 0 Å². The molecule has 1 rings (SSSR count). The second-order valence-corrected chi connectivity index (χ2v) is 3.60. The molecular formula is C7H9F3N2S. The predicted octanol–water partition coefficient (Wildman–Crippen LogP) is 2.22. The molecule has 1 heterocycles. The Kier molecular flexibility index (Phi) is 2.92. The third-order valence-corrected chi connectivity index (χ3v) is 2.66. The highest BCUT2D eigenvalue weighted by Crippen LogP contribution is 2.31. The quantitative estimate of drug-likeness (QED) is 0.812. The Bertz CT molecular complexity index is 282. The molecule has 0 spiro atoms. The maximum Gasteiger partial charge on any atom is 0.434 e. The number of thiazole rings is 1. The van der Waals surface area contributed by atoms with Gasteiger partial charge in [-0.05, 0) is 0 Å². The summed E-state index contributed by atoms with van der Waals surface area (Å²) in [5.74, 6) is -0.110. The van der Waals surface area contributed by atoms with Crippen molar-refractivity contribution < 1.29 is 13.2 Å². The van der Waals surface area contributed by atoms with Crippen LogP contribution in [-0.2, 0) is 6.18 Å². The third kappa shape index (κ3) is 2.41. The molecule has 0 fully saturated rings. The molecule has 0 aliphatic carbocycles. The first-order valence-corrected chi connectivity index (χ1v) is 4.55. The Morgan fingerprint density at radius 2 is 2.23 bits per heavy atom. The molecular weight excluding hydrogens is 201 g/mol. The fourth-order valence-corrected chi connectivity index (χ4v) is 1.64. The van der Waals surface area contributed by atoms with Crippen LogP contribution >= 0.6 is 11.3 Å². The lowest BCUT2D eigenvalue weighted by atomic mass is 10.2. The molecule has 0 saturated carbocycles. The highest BCUT2D eigenvalue weighted by atomic mass is 32.1. The van der Waals surface area contributed by atoms with Crippen LogP contribution < -0.4 is 5.73 Å². The molecule has 2 N–H and O–H groups in total. The second-order valence-electron chi connectivity index (χ2n) is 2.71. The van der Waals surface area contributed by atoms with E-state index in [4.69, 9.17) is 5.73 Å². The molecule has 74 valence electrons. The summed E-state index contributed by atoms with van der Waals surface area (Å²) < 4.78 is 36.2. The lowest BCUT2D eigenvalue weighted by molar-refractivity contribution is -0.140. The van der Waals surface area contributed by atoms with Crippen LogP contribution in [0.3, 0.4) is 0 Å². The predicted molar refractivity (Wildman–Crippen MR) is 44.6 cm³/mol. The van der Waals surface area contributed by atoms with E-state index in [9.17, 15) is 13.2 Å². The topological polar surface area (TPSA) is 38.9 Å². The lowest BCUT2D eigenvalue weighted by Gasteiger charge is -2.03. The standard InChI is InChI=1S/C7H9F3N2S/c1-4(2-11)6-12-5(3-13-6)7(8,9)10/h3-4H,2,11H2,1H3. The van der Waals surface area contributed by atoms with Crippen molar-refractivity contribution in [1.82, 2.24) is 4.98 Å². The van der Waals surface area contributed by atoms with Crippen LogP contribution in [0.2, 0.25) is 0 Å². The number of hydrogen-bond acceptors (Lipinski definition) is 3. The molecule has 0 aliphatic rings. The van der Waals surface area contributed by atoms with Gasteiger partial charge in [-0.15, -0.1) is 11.3 Å². The monoisotopic (exact) mass is 210 g/mol. The van der Waals surface area contributed by atoms with E-state index in [0.717, 1.165) is 16.7 Å². The maximum atomic E-state index is 12.1. The summed E-state index contributed by atoms with van der Waals surface area (Å²) in [4.78, 5) is 3.47. The largest absolute Gasteiger partial charge is 0.434 e. The van der Waals surface area contributed by atoms with Gasteiger partial charge in [0.2, 0.25) is 0 Å². The number of nitrogens with zero attached hydrogens (tertiary/aromatic N) is 1. The fraction of sp³-hybridized carbons (Fsp3) is 0.571. The molecule has 0 bridgehead atoms. The van der Waals surface area contributed by atoms with Crippen LogP contribution in [0, 0.1) is 0 Å². The van der Waals surface area contributed by atoms with E-state index in [1.54, 1.807) is 6.92 Å². The van der Waals surface area contributed by atoms with E-state index in [2.05, 4.69) is 4.98 Å². The van der Waals surface area contributed by atoms with Crippen molar-refractivity contribution in [3.63, 3.8) is 0 Å². The number of hydrogen-bond donors (Lipinski definition) is 1. The van der Waals surface area contributed by atoms with E-state index < -0.39 is 11.9 Å². The van der Waals surface area contributed by atoms with Gasteiger partial charge in [-0.3, -0.25) is 0 Å². The van der Waals surface area contributed by atoms with E-state index in [1.807, 2.05) is 0 Å². The summed E-state index contributed by atoms with van der Waals surface area (Å²) in [6.07, 6.45) is -4.34. The molecule has 1 aromatic heterocycles. The van der Waals surface area contributed by atoms with Crippen LogP contribution in [0.4, 0.5) is 13.2 Å². The van der Waals surface area contributed by atoms with Gasteiger partial charge in [0, 0.05) is 17.8 Å². The van der Waals surface area contributed by atoms with Gasteiger partial charge in [0.05, 0.1) is 5.01 Å². The zero-order valence-electron chi connectivity index (χ0n) is 6.93. The summed E-state index contributed by atoms with van der Waals surface area (Å²) >= 11 is 0.998. The molecule has 0 amide bonds. The van der Waals surface area contributed by atoms with Crippen LogP contribution in [0.25, 0.3) is 0 Å². The van der Waals surface area contributed by atoms with Crippen molar-refractivity contribution >= 4 is 11.3 Å². The zero-order valence-corrected chi connectivity index (χ0v) is 7.75. The van der Waals surface area contributed by atoms with Crippen LogP contribution in [0.1, 0.15) is 23.5 Å². The minimum absolute atomic E-state index is 0.110. The van der Waals surface area contributed by atoms with Gasteiger partial charge < -0.3 is 5.73 Å². The van der Waals surface area contributed by atoms with E-state index in [0.29, 0.717) is 11.6 Å². The number of alkyl halides is 3. The SMILES string of the molecule is CC(CN)c1nc(C(F)(F)F)cs1. The van der Waals surface area contributed by atoms with Crippen molar-refractivity contribution in [2.45, 2.75) is 19.0 Å². The summed E-state index contributed by atoms with van der Waals surface area (Å²) in [6, 6.07) is 0. The number of rotatable bonds is 2. The molecule has 1 unspecified atom stereocenters. The van der Waals surface area contributed by atoms with Crippen molar-refractivity contribution in [3.8, 4) is 0 Å². The molecule has 0 aromatic carbocycles. The Labute approximate surface area is 77.6 Å². The third-order valence-electron chi connectivity index (χ3n) is 1.59. The van der Waals surface area contributed by atoms with Crippen LogP contribution in [-0.4, -0.2) is 11.5 Å². The van der Waals surface area contributed by atoms with Gasteiger partial charge in [0.15, 0.2) is 5.69 Å². The highest BCUT2D eigenvalue weighted by Gasteiger charge is 2.33. The second kappa shape index (κ2) is 3.63. The Morgan fingerprint density at radius 1 is 1.62 bits per heavy atom. The molecule has 6 heteroatoms. The first-order valence-electron chi connectivity index (χ1n) is 3.68. The summed E-state index contributed by atoms with van der Waals surface area (Å²) in [5, 5.41) is 1.46. The lowest BCUT2D eigenvalue weighted by Crippen LogP contribution is -2.10.